The zero-order chi connectivity index (χ0) is 12.2. The predicted molar refractivity (Wildman–Crippen MR) is 57.8 cm³/mol. The maximum absolute atomic E-state index is 11.9. The third kappa shape index (κ3) is 2.95. The topological polar surface area (TPSA) is 86.6 Å². The number of aliphatic carboxylic acids is 1. The summed E-state index contributed by atoms with van der Waals surface area (Å²) in [6.07, 6.45) is 3.70. The Balaban J connectivity index is 2.57. The highest BCUT2D eigenvalue weighted by molar-refractivity contribution is 5.87. The first-order valence-electron chi connectivity index (χ1n) is 5.64. The van der Waals surface area contributed by atoms with E-state index in [1.807, 2.05) is 6.92 Å². The number of hydrogen-bond acceptors (Lipinski definition) is 3. The van der Waals surface area contributed by atoms with Crippen molar-refractivity contribution in [3.63, 3.8) is 0 Å². The van der Waals surface area contributed by atoms with E-state index in [2.05, 4.69) is 5.32 Å². The van der Waals surface area contributed by atoms with E-state index in [4.69, 9.17) is 10.2 Å². The molecule has 0 spiro atoms. The quantitative estimate of drug-likeness (QED) is 0.641. The first kappa shape index (κ1) is 13.0. The minimum Gasteiger partial charge on any atom is -0.480 e. The lowest BCUT2D eigenvalue weighted by molar-refractivity contribution is -0.144. The molecule has 1 fully saturated rings. The molecule has 5 heteroatoms. The van der Waals surface area contributed by atoms with Crippen LogP contribution in [-0.2, 0) is 9.59 Å². The zero-order valence-electron chi connectivity index (χ0n) is 9.53. The summed E-state index contributed by atoms with van der Waals surface area (Å²) in [5.41, 5.74) is -0.427. The number of carbonyl (C=O) groups excluding carboxylic acids is 1. The first-order chi connectivity index (χ1) is 7.49. The van der Waals surface area contributed by atoms with E-state index in [9.17, 15) is 9.59 Å². The number of aliphatic hydroxyl groups excluding tert-OH is 1. The summed E-state index contributed by atoms with van der Waals surface area (Å²) >= 11 is 0. The standard InChI is InChI=1S/C11H19NO4/c1-11(5-2-3-6-11)10(16)12-8(4-7-13)9(14)15/h8,13H,2-7H2,1H3,(H,12,16)(H,14,15). The lowest BCUT2D eigenvalue weighted by Gasteiger charge is -2.24. The highest BCUT2D eigenvalue weighted by Gasteiger charge is 2.37. The van der Waals surface area contributed by atoms with E-state index in [1.54, 1.807) is 0 Å². The monoisotopic (exact) mass is 229 g/mol. The van der Waals surface area contributed by atoms with Gasteiger partial charge in [0, 0.05) is 18.4 Å². The van der Waals surface area contributed by atoms with Crippen molar-refractivity contribution in [2.75, 3.05) is 6.61 Å². The second kappa shape index (κ2) is 5.30. The van der Waals surface area contributed by atoms with Crippen LogP contribution in [0.3, 0.4) is 0 Å². The van der Waals surface area contributed by atoms with Gasteiger partial charge in [0.2, 0.25) is 5.91 Å². The molecule has 1 rings (SSSR count). The predicted octanol–water partition coefficient (Wildman–Crippen LogP) is 0.518. The van der Waals surface area contributed by atoms with Crippen LogP contribution < -0.4 is 5.32 Å². The summed E-state index contributed by atoms with van der Waals surface area (Å²) in [6.45, 7) is 1.63. The molecule has 1 unspecified atom stereocenters. The Labute approximate surface area is 94.8 Å². The maximum Gasteiger partial charge on any atom is 0.326 e. The Morgan fingerprint density at radius 1 is 1.38 bits per heavy atom. The number of aliphatic hydroxyl groups is 1. The van der Waals surface area contributed by atoms with Gasteiger partial charge in [-0.1, -0.05) is 19.8 Å². The summed E-state index contributed by atoms with van der Waals surface area (Å²) in [5, 5.41) is 20.1. The second-order valence-corrected chi connectivity index (χ2v) is 4.64. The van der Waals surface area contributed by atoms with Gasteiger partial charge in [0.25, 0.3) is 0 Å². The zero-order valence-corrected chi connectivity index (χ0v) is 9.53. The first-order valence-corrected chi connectivity index (χ1v) is 5.64. The molecular weight excluding hydrogens is 210 g/mol. The van der Waals surface area contributed by atoms with Crippen LogP contribution in [0.4, 0.5) is 0 Å². The largest absolute Gasteiger partial charge is 0.480 e. The van der Waals surface area contributed by atoms with E-state index >= 15 is 0 Å². The molecule has 0 heterocycles. The molecule has 5 nitrogen and oxygen atoms in total. The Morgan fingerprint density at radius 3 is 2.38 bits per heavy atom. The molecule has 1 atom stereocenters. The molecule has 0 aliphatic heterocycles. The van der Waals surface area contributed by atoms with E-state index in [0.29, 0.717) is 0 Å². The van der Waals surface area contributed by atoms with Crippen LogP contribution in [0.2, 0.25) is 0 Å². The van der Waals surface area contributed by atoms with Crippen LogP contribution in [0, 0.1) is 5.41 Å². The fourth-order valence-electron chi connectivity index (χ4n) is 2.10. The van der Waals surface area contributed by atoms with Gasteiger partial charge in [-0.25, -0.2) is 4.79 Å². The molecule has 0 radical (unpaired) electrons. The van der Waals surface area contributed by atoms with Crippen LogP contribution in [-0.4, -0.2) is 34.7 Å². The highest BCUT2D eigenvalue weighted by atomic mass is 16.4. The van der Waals surface area contributed by atoms with Crippen LogP contribution in [0.25, 0.3) is 0 Å². The van der Waals surface area contributed by atoms with Gasteiger partial charge in [0.15, 0.2) is 0 Å². The van der Waals surface area contributed by atoms with E-state index in [0.717, 1.165) is 25.7 Å². The Kier molecular flexibility index (Phi) is 4.29. The molecule has 0 bridgehead atoms. The Hall–Kier alpha value is -1.10. The molecule has 1 aliphatic rings. The summed E-state index contributed by atoms with van der Waals surface area (Å²) in [6, 6.07) is -0.977. The third-order valence-corrected chi connectivity index (χ3v) is 3.28. The van der Waals surface area contributed by atoms with Crippen LogP contribution >= 0.6 is 0 Å². The molecule has 3 N–H and O–H groups in total. The lowest BCUT2D eigenvalue weighted by Crippen LogP contribution is -2.47. The van der Waals surface area contributed by atoms with Crippen molar-refractivity contribution in [3.05, 3.63) is 0 Å². The van der Waals surface area contributed by atoms with E-state index in [1.165, 1.54) is 0 Å². The second-order valence-electron chi connectivity index (χ2n) is 4.64. The molecule has 1 saturated carbocycles. The van der Waals surface area contributed by atoms with Crippen molar-refractivity contribution in [1.29, 1.82) is 0 Å². The molecule has 92 valence electrons. The van der Waals surface area contributed by atoms with E-state index < -0.39 is 17.4 Å². The van der Waals surface area contributed by atoms with Crippen molar-refractivity contribution in [3.8, 4) is 0 Å². The lowest BCUT2D eigenvalue weighted by atomic mass is 9.87. The van der Waals surface area contributed by atoms with Gasteiger partial charge in [0.05, 0.1) is 0 Å². The molecule has 0 aromatic rings. The molecular formula is C11H19NO4. The molecule has 0 saturated heterocycles. The number of rotatable bonds is 5. The van der Waals surface area contributed by atoms with Crippen molar-refractivity contribution in [1.82, 2.24) is 5.32 Å². The number of carboxylic acid groups (broad SMARTS) is 1. The SMILES string of the molecule is CC1(C(=O)NC(CCO)C(=O)O)CCCC1. The normalized spacial score (nSPS) is 20.4. The number of hydrogen-bond donors (Lipinski definition) is 3. The maximum atomic E-state index is 11.9. The minimum absolute atomic E-state index is 0.0527. The van der Waals surface area contributed by atoms with Gasteiger partial charge in [-0.05, 0) is 12.8 Å². The van der Waals surface area contributed by atoms with Crippen molar-refractivity contribution in [2.24, 2.45) is 5.41 Å². The van der Waals surface area contributed by atoms with Crippen LogP contribution in [0.5, 0.6) is 0 Å². The van der Waals surface area contributed by atoms with Gasteiger partial charge in [-0.3, -0.25) is 4.79 Å². The van der Waals surface area contributed by atoms with E-state index in [-0.39, 0.29) is 18.9 Å². The van der Waals surface area contributed by atoms with Crippen molar-refractivity contribution in [2.45, 2.75) is 45.1 Å². The molecule has 0 aromatic carbocycles. The summed E-state index contributed by atoms with van der Waals surface area (Å²) < 4.78 is 0. The van der Waals surface area contributed by atoms with Gasteiger partial charge >= 0.3 is 5.97 Å². The molecule has 1 aliphatic carbocycles. The van der Waals surface area contributed by atoms with Gasteiger partial charge < -0.3 is 15.5 Å². The number of nitrogens with one attached hydrogen (secondary N) is 1. The highest BCUT2D eigenvalue weighted by Crippen LogP contribution is 2.37. The summed E-state index contributed by atoms with van der Waals surface area (Å²) in [7, 11) is 0. The Morgan fingerprint density at radius 2 is 1.94 bits per heavy atom. The van der Waals surface area contributed by atoms with Crippen LogP contribution in [0.1, 0.15) is 39.0 Å². The average Bonchev–Trinajstić information content (AvgIpc) is 2.65. The van der Waals surface area contributed by atoms with Crippen molar-refractivity contribution >= 4 is 11.9 Å². The van der Waals surface area contributed by atoms with Gasteiger partial charge in [-0.15, -0.1) is 0 Å². The number of amides is 1. The van der Waals surface area contributed by atoms with Gasteiger partial charge in [-0.2, -0.15) is 0 Å². The average molecular weight is 229 g/mol. The van der Waals surface area contributed by atoms with Gasteiger partial charge in [0.1, 0.15) is 6.04 Å². The third-order valence-electron chi connectivity index (χ3n) is 3.28. The minimum atomic E-state index is -1.09. The number of carboxylic acids is 1. The summed E-state index contributed by atoms with van der Waals surface area (Å²) in [4.78, 5) is 22.7. The van der Waals surface area contributed by atoms with Crippen LogP contribution in [0.15, 0.2) is 0 Å². The Bertz CT molecular complexity index is 271. The fourth-order valence-corrected chi connectivity index (χ4v) is 2.10. The fraction of sp³-hybridized carbons (Fsp3) is 0.818. The van der Waals surface area contributed by atoms with Crippen molar-refractivity contribution < 1.29 is 19.8 Å². The summed E-state index contributed by atoms with van der Waals surface area (Å²) in [5.74, 6) is -1.30. The molecule has 16 heavy (non-hydrogen) atoms. The molecule has 0 aromatic heterocycles. The number of carbonyl (C=O) groups is 2. The molecule has 1 amide bonds. The smallest absolute Gasteiger partial charge is 0.326 e.